The molecule has 1 N–H and O–H groups in total. The lowest BCUT2D eigenvalue weighted by Crippen LogP contribution is -3.00. The van der Waals surface area contributed by atoms with Crippen LogP contribution in [0.4, 0.5) is 0 Å². The number of nitrogens with one attached hydrogen (secondary N) is 1. The second-order valence-corrected chi connectivity index (χ2v) is 4.66. The Labute approximate surface area is 119 Å². The summed E-state index contributed by atoms with van der Waals surface area (Å²) in [5.74, 6) is 0.870. The maximum absolute atomic E-state index is 5.97. The van der Waals surface area contributed by atoms with E-state index in [1.54, 1.807) is 7.11 Å². The fourth-order valence-corrected chi connectivity index (χ4v) is 2.25. The van der Waals surface area contributed by atoms with Crippen molar-refractivity contribution in [3.05, 3.63) is 28.8 Å². The Morgan fingerprint density at radius 1 is 1.50 bits per heavy atom. The highest BCUT2D eigenvalue weighted by Gasteiger charge is 2.14. The van der Waals surface area contributed by atoms with Crippen molar-refractivity contribution in [3.8, 4) is 5.75 Å². The zero-order valence-corrected chi connectivity index (χ0v) is 11.9. The standard InChI is InChI=1S/C13H18ClNO2.ClH/c1-16-13-5-4-11(14)7-10(13)8-15-9-12-3-2-6-17-12;/h4-5,7,12,15H,2-3,6,8-9H2,1H3;1H/p-1. The Balaban J connectivity index is 0.00000162. The first-order valence-electron chi connectivity index (χ1n) is 5.94. The van der Waals surface area contributed by atoms with E-state index in [1.165, 1.54) is 6.42 Å². The van der Waals surface area contributed by atoms with Crippen molar-refractivity contribution in [2.24, 2.45) is 0 Å². The molecule has 0 aliphatic carbocycles. The van der Waals surface area contributed by atoms with Crippen molar-refractivity contribution in [1.82, 2.24) is 5.32 Å². The minimum atomic E-state index is 0. The molecule has 102 valence electrons. The minimum absolute atomic E-state index is 0. The highest BCUT2D eigenvalue weighted by atomic mass is 35.5. The predicted octanol–water partition coefficient (Wildman–Crippen LogP) is -0.379. The zero-order valence-electron chi connectivity index (χ0n) is 10.4. The topological polar surface area (TPSA) is 30.5 Å². The molecule has 0 amide bonds. The third-order valence-electron chi connectivity index (χ3n) is 2.95. The van der Waals surface area contributed by atoms with Gasteiger partial charge in [0, 0.05) is 30.3 Å². The first-order chi connectivity index (χ1) is 8.29. The van der Waals surface area contributed by atoms with Gasteiger partial charge >= 0.3 is 0 Å². The smallest absolute Gasteiger partial charge is 0.123 e. The molecule has 0 radical (unpaired) electrons. The fourth-order valence-electron chi connectivity index (χ4n) is 2.06. The molecule has 1 aromatic carbocycles. The van der Waals surface area contributed by atoms with Crippen LogP contribution >= 0.6 is 11.6 Å². The Morgan fingerprint density at radius 3 is 3.00 bits per heavy atom. The van der Waals surface area contributed by atoms with Crippen LogP contribution in [-0.2, 0) is 11.3 Å². The average Bonchev–Trinajstić information content (AvgIpc) is 2.82. The molecular formula is C13H18Cl2NO2-. The molecule has 1 aliphatic rings. The molecule has 1 unspecified atom stereocenters. The summed E-state index contributed by atoms with van der Waals surface area (Å²) in [5.41, 5.74) is 1.08. The van der Waals surface area contributed by atoms with Crippen LogP contribution in [0.2, 0.25) is 5.02 Å². The Kier molecular flexibility index (Phi) is 6.79. The van der Waals surface area contributed by atoms with Crippen LogP contribution in [0.25, 0.3) is 0 Å². The van der Waals surface area contributed by atoms with Gasteiger partial charge in [0.25, 0.3) is 0 Å². The van der Waals surface area contributed by atoms with Gasteiger partial charge < -0.3 is 27.2 Å². The van der Waals surface area contributed by atoms with Crippen LogP contribution < -0.4 is 22.5 Å². The van der Waals surface area contributed by atoms with Crippen molar-refractivity contribution in [1.29, 1.82) is 0 Å². The van der Waals surface area contributed by atoms with Crippen molar-refractivity contribution >= 4 is 11.6 Å². The second-order valence-electron chi connectivity index (χ2n) is 4.22. The van der Waals surface area contributed by atoms with Gasteiger partial charge in [0.15, 0.2) is 0 Å². The maximum Gasteiger partial charge on any atom is 0.123 e. The first-order valence-corrected chi connectivity index (χ1v) is 6.32. The number of halogens is 2. The monoisotopic (exact) mass is 290 g/mol. The zero-order chi connectivity index (χ0) is 12.1. The summed E-state index contributed by atoms with van der Waals surface area (Å²) in [4.78, 5) is 0. The van der Waals surface area contributed by atoms with Gasteiger partial charge in [0.05, 0.1) is 13.2 Å². The minimum Gasteiger partial charge on any atom is -1.00 e. The van der Waals surface area contributed by atoms with Crippen LogP contribution in [0.5, 0.6) is 5.75 Å². The molecule has 5 heteroatoms. The quantitative estimate of drug-likeness (QED) is 0.802. The molecule has 1 fully saturated rings. The van der Waals surface area contributed by atoms with E-state index in [1.807, 2.05) is 18.2 Å². The first kappa shape index (κ1) is 15.6. The number of methoxy groups -OCH3 is 1. The summed E-state index contributed by atoms with van der Waals surface area (Å²) in [6.45, 7) is 2.53. The molecule has 1 heterocycles. The van der Waals surface area contributed by atoms with Gasteiger partial charge in [-0.2, -0.15) is 0 Å². The van der Waals surface area contributed by atoms with E-state index in [0.29, 0.717) is 6.10 Å². The van der Waals surface area contributed by atoms with Crippen LogP contribution in [-0.4, -0.2) is 26.4 Å². The van der Waals surface area contributed by atoms with E-state index >= 15 is 0 Å². The molecule has 3 nitrogen and oxygen atoms in total. The predicted molar refractivity (Wildman–Crippen MR) is 68.7 cm³/mol. The number of hydrogen-bond donors (Lipinski definition) is 1. The molecule has 1 aliphatic heterocycles. The molecule has 1 atom stereocenters. The Hall–Kier alpha value is -0.480. The molecular weight excluding hydrogens is 273 g/mol. The highest BCUT2D eigenvalue weighted by Crippen LogP contribution is 2.22. The van der Waals surface area contributed by atoms with Crippen LogP contribution in [0, 0.1) is 0 Å². The van der Waals surface area contributed by atoms with Crippen molar-refractivity contribution in [2.75, 3.05) is 20.3 Å². The van der Waals surface area contributed by atoms with Gasteiger partial charge in [-0.05, 0) is 31.0 Å². The molecule has 0 saturated carbocycles. The molecule has 0 bridgehead atoms. The fraction of sp³-hybridized carbons (Fsp3) is 0.538. The van der Waals surface area contributed by atoms with E-state index < -0.39 is 0 Å². The third kappa shape index (κ3) is 4.32. The molecule has 18 heavy (non-hydrogen) atoms. The second kappa shape index (κ2) is 7.85. The van der Waals surface area contributed by atoms with E-state index in [-0.39, 0.29) is 12.4 Å². The van der Waals surface area contributed by atoms with Crippen molar-refractivity contribution in [2.45, 2.75) is 25.5 Å². The summed E-state index contributed by atoms with van der Waals surface area (Å²) in [6, 6.07) is 5.66. The normalized spacial score (nSPS) is 18.4. The van der Waals surface area contributed by atoms with Crippen molar-refractivity contribution in [3.63, 3.8) is 0 Å². The summed E-state index contributed by atoms with van der Waals surface area (Å²) in [5, 5.41) is 4.12. The maximum atomic E-state index is 5.97. The van der Waals surface area contributed by atoms with E-state index in [9.17, 15) is 0 Å². The van der Waals surface area contributed by atoms with Crippen molar-refractivity contribution < 1.29 is 21.9 Å². The van der Waals surface area contributed by atoms with Crippen LogP contribution in [0.1, 0.15) is 18.4 Å². The Morgan fingerprint density at radius 2 is 2.33 bits per heavy atom. The number of ether oxygens (including phenoxy) is 2. The average molecular weight is 291 g/mol. The highest BCUT2D eigenvalue weighted by molar-refractivity contribution is 6.30. The summed E-state index contributed by atoms with van der Waals surface area (Å²) < 4.78 is 10.8. The summed E-state index contributed by atoms with van der Waals surface area (Å²) >= 11 is 5.97. The van der Waals surface area contributed by atoms with E-state index in [2.05, 4.69) is 5.32 Å². The number of hydrogen-bond acceptors (Lipinski definition) is 3. The van der Waals surface area contributed by atoms with Gasteiger partial charge in [-0.15, -0.1) is 0 Å². The molecule has 2 rings (SSSR count). The van der Waals surface area contributed by atoms with E-state index in [4.69, 9.17) is 21.1 Å². The molecule has 1 aromatic rings. The van der Waals surface area contributed by atoms with Gasteiger partial charge in [0.2, 0.25) is 0 Å². The van der Waals surface area contributed by atoms with Gasteiger partial charge in [-0.25, -0.2) is 0 Å². The van der Waals surface area contributed by atoms with Gasteiger partial charge in [-0.3, -0.25) is 0 Å². The number of rotatable bonds is 5. The third-order valence-corrected chi connectivity index (χ3v) is 3.19. The molecule has 0 spiro atoms. The SMILES string of the molecule is COc1ccc(Cl)cc1CNCC1CCCO1.[Cl-]. The summed E-state index contributed by atoms with van der Waals surface area (Å²) in [6.07, 6.45) is 2.69. The lowest BCUT2D eigenvalue weighted by atomic mass is 10.2. The van der Waals surface area contributed by atoms with Gasteiger partial charge in [0.1, 0.15) is 5.75 Å². The molecule has 0 aromatic heterocycles. The number of benzene rings is 1. The summed E-state index contributed by atoms with van der Waals surface area (Å²) in [7, 11) is 1.67. The lowest BCUT2D eigenvalue weighted by Gasteiger charge is -2.13. The van der Waals surface area contributed by atoms with Crippen LogP contribution in [0.3, 0.4) is 0 Å². The van der Waals surface area contributed by atoms with Crippen LogP contribution in [0.15, 0.2) is 18.2 Å². The van der Waals surface area contributed by atoms with Gasteiger partial charge in [-0.1, -0.05) is 11.6 Å². The van der Waals surface area contributed by atoms with E-state index in [0.717, 1.165) is 42.5 Å². The largest absolute Gasteiger partial charge is 1.00 e. The molecule has 1 saturated heterocycles. The lowest BCUT2D eigenvalue weighted by molar-refractivity contribution is -0.00000500. The Bertz CT molecular complexity index is 368.